The number of ketones is 1. The molecule has 3 rings (SSSR count). The number of hydrogen-bond donors (Lipinski definition) is 1. The van der Waals surface area contributed by atoms with Crippen molar-refractivity contribution in [2.75, 3.05) is 19.8 Å². The minimum absolute atomic E-state index is 0.0189. The van der Waals surface area contributed by atoms with Gasteiger partial charge in [-0.05, 0) is 49.3 Å². The number of carbonyl (C=O) groups excluding carboxylic acids is 3. The quantitative estimate of drug-likeness (QED) is 0.567. The van der Waals surface area contributed by atoms with Gasteiger partial charge in [0, 0.05) is 25.1 Å². The van der Waals surface area contributed by atoms with Crippen LogP contribution in [0.3, 0.4) is 0 Å². The fourth-order valence-electron chi connectivity index (χ4n) is 3.41. The summed E-state index contributed by atoms with van der Waals surface area (Å²) in [5.41, 5.74) is 3.20. The van der Waals surface area contributed by atoms with Gasteiger partial charge in [-0.2, -0.15) is 0 Å². The molecule has 1 heterocycles. The predicted molar refractivity (Wildman–Crippen MR) is 95.0 cm³/mol. The summed E-state index contributed by atoms with van der Waals surface area (Å²) in [6, 6.07) is 5.77. The van der Waals surface area contributed by atoms with Crippen LogP contribution in [0, 0.1) is 0 Å². The highest BCUT2D eigenvalue weighted by Crippen LogP contribution is 2.23. The second-order valence-electron chi connectivity index (χ2n) is 6.86. The van der Waals surface area contributed by atoms with Crippen molar-refractivity contribution in [1.29, 1.82) is 0 Å². The lowest BCUT2D eigenvalue weighted by atomic mass is 10.0. The van der Waals surface area contributed by atoms with Gasteiger partial charge in [-0.1, -0.05) is 12.1 Å². The average molecular weight is 359 g/mol. The van der Waals surface area contributed by atoms with Crippen LogP contribution in [0.15, 0.2) is 18.2 Å². The standard InChI is InChI=1S/C20H25NO5/c22-18(16-7-6-14-3-1-4-15(14)11-16)8-9-20(24)26-13-19(23)21-12-17-5-2-10-25-17/h6-7,11,17H,1-5,8-10,12-13H2,(H,21,23)/t17-/m0/s1. The van der Waals surface area contributed by atoms with Crippen molar-refractivity contribution in [2.24, 2.45) is 0 Å². The maximum Gasteiger partial charge on any atom is 0.306 e. The molecule has 1 aromatic rings. The molecule has 1 amide bonds. The zero-order valence-electron chi connectivity index (χ0n) is 14.9. The summed E-state index contributed by atoms with van der Waals surface area (Å²) in [4.78, 5) is 35.6. The van der Waals surface area contributed by atoms with Gasteiger partial charge in [0.1, 0.15) is 0 Å². The molecule has 0 spiro atoms. The molecule has 0 unspecified atom stereocenters. The second-order valence-corrected chi connectivity index (χ2v) is 6.86. The zero-order valence-corrected chi connectivity index (χ0v) is 14.9. The van der Waals surface area contributed by atoms with E-state index in [1.54, 1.807) is 0 Å². The Labute approximate surface area is 153 Å². The maximum absolute atomic E-state index is 12.2. The zero-order chi connectivity index (χ0) is 18.4. The van der Waals surface area contributed by atoms with Crippen molar-refractivity contribution in [3.63, 3.8) is 0 Å². The lowest BCUT2D eigenvalue weighted by Crippen LogP contribution is -2.34. The molecular formula is C20H25NO5. The first-order valence-electron chi connectivity index (χ1n) is 9.31. The van der Waals surface area contributed by atoms with Crippen molar-refractivity contribution in [3.8, 4) is 0 Å². The fourth-order valence-corrected chi connectivity index (χ4v) is 3.41. The molecule has 1 saturated heterocycles. The summed E-state index contributed by atoms with van der Waals surface area (Å²) in [5, 5.41) is 2.69. The van der Waals surface area contributed by atoms with Crippen LogP contribution in [0.25, 0.3) is 0 Å². The highest BCUT2D eigenvalue weighted by Gasteiger charge is 2.18. The third-order valence-electron chi connectivity index (χ3n) is 4.89. The Kier molecular flexibility index (Phi) is 6.39. The van der Waals surface area contributed by atoms with Crippen LogP contribution in [0.5, 0.6) is 0 Å². The molecule has 1 aliphatic carbocycles. The second kappa shape index (κ2) is 8.94. The van der Waals surface area contributed by atoms with Gasteiger partial charge in [0.2, 0.25) is 0 Å². The number of Topliss-reactive ketones (excluding diaryl/α,β-unsaturated/α-hetero) is 1. The van der Waals surface area contributed by atoms with E-state index in [2.05, 4.69) is 5.32 Å². The van der Waals surface area contributed by atoms with E-state index in [0.717, 1.165) is 38.7 Å². The summed E-state index contributed by atoms with van der Waals surface area (Å²) < 4.78 is 10.3. The van der Waals surface area contributed by atoms with Gasteiger partial charge in [0.05, 0.1) is 12.5 Å². The van der Waals surface area contributed by atoms with E-state index in [1.807, 2.05) is 18.2 Å². The summed E-state index contributed by atoms with van der Waals surface area (Å²) >= 11 is 0. The fraction of sp³-hybridized carbons (Fsp3) is 0.550. The van der Waals surface area contributed by atoms with E-state index in [1.165, 1.54) is 11.1 Å². The predicted octanol–water partition coefficient (Wildman–Crippen LogP) is 1.98. The first-order valence-corrected chi connectivity index (χ1v) is 9.31. The van der Waals surface area contributed by atoms with Gasteiger partial charge in [-0.15, -0.1) is 0 Å². The molecule has 6 nitrogen and oxygen atoms in total. The number of ether oxygens (including phenoxy) is 2. The lowest BCUT2D eigenvalue weighted by molar-refractivity contribution is -0.148. The van der Waals surface area contributed by atoms with Crippen LogP contribution in [-0.2, 0) is 31.9 Å². The molecule has 26 heavy (non-hydrogen) atoms. The summed E-state index contributed by atoms with van der Waals surface area (Å²) in [7, 11) is 0. The van der Waals surface area contributed by atoms with Gasteiger partial charge in [0.15, 0.2) is 12.4 Å². The largest absolute Gasteiger partial charge is 0.456 e. The van der Waals surface area contributed by atoms with E-state index in [9.17, 15) is 14.4 Å². The normalized spacial score (nSPS) is 18.4. The number of hydrogen-bond acceptors (Lipinski definition) is 5. The Bertz CT molecular complexity index is 679. The minimum Gasteiger partial charge on any atom is -0.456 e. The third-order valence-corrected chi connectivity index (χ3v) is 4.89. The number of aryl methyl sites for hydroxylation is 2. The van der Waals surface area contributed by atoms with Gasteiger partial charge in [-0.25, -0.2) is 0 Å². The van der Waals surface area contributed by atoms with Crippen molar-refractivity contribution in [2.45, 2.75) is 51.0 Å². The van der Waals surface area contributed by atoms with E-state index < -0.39 is 5.97 Å². The van der Waals surface area contributed by atoms with Crippen LogP contribution in [0.1, 0.15) is 53.6 Å². The van der Waals surface area contributed by atoms with Crippen LogP contribution < -0.4 is 5.32 Å². The molecule has 0 saturated carbocycles. The first-order chi connectivity index (χ1) is 12.6. The minimum atomic E-state index is -0.535. The van der Waals surface area contributed by atoms with Crippen LogP contribution in [0.2, 0.25) is 0 Å². The maximum atomic E-state index is 12.2. The van der Waals surface area contributed by atoms with E-state index in [4.69, 9.17) is 9.47 Å². The van der Waals surface area contributed by atoms with E-state index in [0.29, 0.717) is 12.1 Å². The number of rotatable bonds is 8. The molecule has 1 atom stereocenters. The topological polar surface area (TPSA) is 81.7 Å². The Hall–Kier alpha value is -2.21. The van der Waals surface area contributed by atoms with Gasteiger partial charge in [0.25, 0.3) is 5.91 Å². The lowest BCUT2D eigenvalue weighted by Gasteiger charge is -2.11. The number of amides is 1. The van der Waals surface area contributed by atoms with Gasteiger partial charge in [-0.3, -0.25) is 14.4 Å². The Balaban J connectivity index is 1.34. The number of esters is 1. The van der Waals surface area contributed by atoms with E-state index >= 15 is 0 Å². The van der Waals surface area contributed by atoms with Crippen LogP contribution in [0.4, 0.5) is 0 Å². The Morgan fingerprint density at radius 2 is 1.96 bits per heavy atom. The molecule has 1 fully saturated rings. The average Bonchev–Trinajstić information content (AvgIpc) is 3.33. The molecule has 2 aliphatic rings. The van der Waals surface area contributed by atoms with Gasteiger partial charge >= 0.3 is 5.97 Å². The van der Waals surface area contributed by atoms with E-state index in [-0.39, 0.29) is 37.2 Å². The van der Waals surface area contributed by atoms with Crippen LogP contribution >= 0.6 is 0 Å². The summed E-state index contributed by atoms with van der Waals surface area (Å²) in [6.45, 7) is 0.847. The van der Waals surface area contributed by atoms with Crippen molar-refractivity contribution >= 4 is 17.7 Å². The molecule has 0 aromatic heterocycles. The molecule has 0 radical (unpaired) electrons. The number of benzene rings is 1. The molecule has 1 N–H and O–H groups in total. The molecule has 0 bridgehead atoms. The molecule has 140 valence electrons. The van der Waals surface area contributed by atoms with Crippen LogP contribution in [-0.4, -0.2) is 43.5 Å². The number of nitrogens with one attached hydrogen (secondary N) is 1. The smallest absolute Gasteiger partial charge is 0.306 e. The Morgan fingerprint density at radius 1 is 1.12 bits per heavy atom. The Morgan fingerprint density at radius 3 is 2.77 bits per heavy atom. The SMILES string of the molecule is O=C(COC(=O)CCC(=O)c1ccc2c(c1)CCC2)NC[C@@H]1CCCO1. The molecule has 1 aliphatic heterocycles. The number of carbonyl (C=O) groups is 3. The van der Waals surface area contributed by atoms with Crippen molar-refractivity contribution < 1.29 is 23.9 Å². The molecule has 6 heteroatoms. The summed E-state index contributed by atoms with van der Waals surface area (Å²) in [5.74, 6) is -0.954. The van der Waals surface area contributed by atoms with Crippen molar-refractivity contribution in [1.82, 2.24) is 5.32 Å². The highest BCUT2D eigenvalue weighted by molar-refractivity contribution is 5.97. The monoisotopic (exact) mass is 359 g/mol. The highest BCUT2D eigenvalue weighted by atomic mass is 16.5. The molecule has 1 aromatic carbocycles. The summed E-state index contributed by atoms with van der Waals surface area (Å²) in [6.07, 6.45) is 5.29. The first kappa shape index (κ1) is 18.6. The van der Waals surface area contributed by atoms with Gasteiger partial charge < -0.3 is 14.8 Å². The number of fused-ring (bicyclic) bond motifs is 1. The third kappa shape index (κ3) is 5.14. The molecular weight excluding hydrogens is 334 g/mol. The van der Waals surface area contributed by atoms with Crippen molar-refractivity contribution in [3.05, 3.63) is 34.9 Å².